The minimum Gasteiger partial charge on any atom is -0.492 e. The Bertz CT molecular complexity index is 1890. The minimum absolute atomic E-state index is 0.0399. The van der Waals surface area contributed by atoms with E-state index in [4.69, 9.17) is 66.1 Å². The molecular weight excluding hydrogens is 735 g/mol. The molecule has 4 aromatic rings. The number of carbonyl (C=O) groups is 1. The smallest absolute Gasteiger partial charge is 0.343 e. The zero-order chi connectivity index (χ0) is 37.3. The summed E-state index contributed by atoms with van der Waals surface area (Å²) >= 11 is 12.9. The summed E-state index contributed by atoms with van der Waals surface area (Å²) in [5.41, 5.74) is 5.49. The molecular formula is C42H44Cl2O10. The molecule has 0 amide bonds. The molecule has 3 unspecified atom stereocenters. The SMILES string of the molecule is CC1c2cc(OOCc3ccc(OCCCCOCC4CO4)c(Cl)c3)ccc2-c2ccc(OC(=O)c3ccc(OCCCCOCC4CO4)c(Cl)c3)cc21. The van der Waals surface area contributed by atoms with Gasteiger partial charge >= 0.3 is 5.97 Å². The van der Waals surface area contributed by atoms with Crippen molar-refractivity contribution in [1.29, 1.82) is 0 Å². The Kier molecular flexibility index (Phi) is 13.3. The predicted octanol–water partition coefficient (Wildman–Crippen LogP) is 9.00. The van der Waals surface area contributed by atoms with Gasteiger partial charge in [-0.2, -0.15) is 4.89 Å². The van der Waals surface area contributed by atoms with Crippen molar-refractivity contribution in [2.75, 3.05) is 52.9 Å². The maximum Gasteiger partial charge on any atom is 0.343 e. The molecule has 3 aliphatic rings. The number of unbranched alkanes of at least 4 members (excludes halogenated alkanes) is 2. The van der Waals surface area contributed by atoms with Gasteiger partial charge < -0.3 is 38.0 Å². The van der Waals surface area contributed by atoms with Crippen molar-refractivity contribution in [3.63, 3.8) is 0 Å². The van der Waals surface area contributed by atoms with Crippen LogP contribution in [0.15, 0.2) is 72.8 Å². The standard InChI is InChI=1S/C42H44Cl2O10/c1-27-36-20-30(53-42(45)29-7-13-41(39(44)19-29)49-17-5-3-15-47-24-33-26-51-33)8-10-34(36)35-11-9-31(21-37(27)35)54-52-22-28-6-12-40(38(43)18-28)48-16-4-2-14-46-23-32-25-50-32/h6-13,18-21,27,32-33H,2-5,14-17,22-26H2,1H3. The van der Waals surface area contributed by atoms with Gasteiger partial charge in [0.2, 0.25) is 0 Å². The van der Waals surface area contributed by atoms with E-state index in [0.29, 0.717) is 78.2 Å². The second-order valence-corrected chi connectivity index (χ2v) is 14.4. The first-order valence-corrected chi connectivity index (χ1v) is 19.2. The van der Waals surface area contributed by atoms with Crippen LogP contribution in [0.4, 0.5) is 0 Å². The molecule has 2 aliphatic heterocycles. The van der Waals surface area contributed by atoms with Gasteiger partial charge in [-0.25, -0.2) is 4.79 Å². The number of ether oxygens (including phenoxy) is 7. The van der Waals surface area contributed by atoms with E-state index in [2.05, 4.69) is 6.92 Å². The van der Waals surface area contributed by atoms with Crippen LogP contribution >= 0.6 is 23.2 Å². The average Bonchev–Trinajstić information content (AvgIpc) is 4.12. The van der Waals surface area contributed by atoms with Crippen LogP contribution in [0.2, 0.25) is 10.0 Å². The molecule has 2 saturated heterocycles. The van der Waals surface area contributed by atoms with Crippen LogP contribution in [0.3, 0.4) is 0 Å². The Balaban J connectivity index is 0.851. The molecule has 0 aromatic heterocycles. The van der Waals surface area contributed by atoms with Crippen LogP contribution in [0.5, 0.6) is 23.0 Å². The maximum absolute atomic E-state index is 13.1. The molecule has 7 rings (SSSR count). The molecule has 0 saturated carbocycles. The van der Waals surface area contributed by atoms with E-state index in [1.54, 1.807) is 24.3 Å². The predicted molar refractivity (Wildman–Crippen MR) is 203 cm³/mol. The lowest BCUT2D eigenvalue weighted by atomic mass is 9.99. The lowest BCUT2D eigenvalue weighted by molar-refractivity contribution is -0.217. The Morgan fingerprint density at radius 2 is 1.24 bits per heavy atom. The van der Waals surface area contributed by atoms with Gasteiger partial charge in [0, 0.05) is 19.1 Å². The largest absolute Gasteiger partial charge is 0.492 e. The van der Waals surface area contributed by atoms with Crippen molar-refractivity contribution in [2.24, 2.45) is 0 Å². The molecule has 0 radical (unpaired) electrons. The van der Waals surface area contributed by atoms with E-state index < -0.39 is 5.97 Å². The molecule has 54 heavy (non-hydrogen) atoms. The highest BCUT2D eigenvalue weighted by Gasteiger charge is 2.27. The molecule has 4 aromatic carbocycles. The number of esters is 1. The summed E-state index contributed by atoms with van der Waals surface area (Å²) in [7, 11) is 0. The summed E-state index contributed by atoms with van der Waals surface area (Å²) in [6, 6.07) is 22.0. The topological polar surface area (TPSA) is 107 Å². The molecule has 0 spiro atoms. The quantitative estimate of drug-likeness (QED) is 0.0192. The summed E-state index contributed by atoms with van der Waals surface area (Å²) < 4.78 is 38.8. The molecule has 12 heteroatoms. The van der Waals surface area contributed by atoms with Crippen molar-refractivity contribution in [1.82, 2.24) is 0 Å². The van der Waals surface area contributed by atoms with E-state index in [0.717, 1.165) is 66.7 Å². The van der Waals surface area contributed by atoms with Crippen molar-refractivity contribution in [3.05, 3.63) is 105 Å². The molecule has 0 bridgehead atoms. The summed E-state index contributed by atoms with van der Waals surface area (Å²) in [6.07, 6.45) is 4.05. The molecule has 10 nitrogen and oxygen atoms in total. The van der Waals surface area contributed by atoms with Gasteiger partial charge in [0.25, 0.3) is 0 Å². The Labute approximate surface area is 325 Å². The second kappa shape index (κ2) is 18.6. The second-order valence-electron chi connectivity index (χ2n) is 13.5. The molecule has 0 N–H and O–H groups in total. The van der Waals surface area contributed by atoms with Gasteiger partial charge in [0.15, 0.2) is 5.75 Å². The van der Waals surface area contributed by atoms with Crippen LogP contribution in [0.1, 0.15) is 65.6 Å². The van der Waals surface area contributed by atoms with Crippen LogP contribution in [-0.2, 0) is 30.4 Å². The number of fused-ring (bicyclic) bond motifs is 3. The Morgan fingerprint density at radius 3 is 1.83 bits per heavy atom. The average molecular weight is 780 g/mol. The fraction of sp³-hybridized carbons (Fsp3) is 0.405. The van der Waals surface area contributed by atoms with Crippen LogP contribution in [0.25, 0.3) is 11.1 Å². The van der Waals surface area contributed by atoms with E-state index >= 15 is 0 Å². The number of benzene rings is 4. The normalized spacial score (nSPS) is 17.8. The third-order valence-corrected chi connectivity index (χ3v) is 9.91. The van der Waals surface area contributed by atoms with Crippen molar-refractivity contribution < 1.29 is 47.7 Å². The van der Waals surface area contributed by atoms with E-state index in [-0.39, 0.29) is 24.7 Å². The van der Waals surface area contributed by atoms with Crippen molar-refractivity contribution in [3.8, 4) is 34.1 Å². The number of rotatable bonds is 22. The summed E-state index contributed by atoms with van der Waals surface area (Å²) in [6.45, 7) is 7.66. The number of epoxide rings is 2. The van der Waals surface area contributed by atoms with Gasteiger partial charge in [-0.1, -0.05) is 48.3 Å². The fourth-order valence-electron chi connectivity index (χ4n) is 6.13. The highest BCUT2D eigenvalue weighted by atomic mass is 35.5. The van der Waals surface area contributed by atoms with Gasteiger partial charge in [0.1, 0.15) is 36.1 Å². The van der Waals surface area contributed by atoms with Gasteiger partial charge in [-0.15, -0.1) is 0 Å². The first kappa shape index (κ1) is 38.4. The summed E-state index contributed by atoms with van der Waals surface area (Å²) in [4.78, 5) is 24.4. The highest BCUT2D eigenvalue weighted by Crippen LogP contribution is 2.47. The van der Waals surface area contributed by atoms with Crippen molar-refractivity contribution >= 4 is 29.2 Å². The Morgan fingerprint density at radius 1 is 0.685 bits per heavy atom. The first-order chi connectivity index (χ1) is 26.4. The molecule has 2 fully saturated rings. The molecule has 286 valence electrons. The highest BCUT2D eigenvalue weighted by molar-refractivity contribution is 6.32. The zero-order valence-electron chi connectivity index (χ0n) is 30.2. The minimum atomic E-state index is -0.503. The summed E-state index contributed by atoms with van der Waals surface area (Å²) in [5, 5.41) is 0.865. The van der Waals surface area contributed by atoms with Gasteiger partial charge in [-0.3, -0.25) is 0 Å². The maximum atomic E-state index is 13.1. The van der Waals surface area contributed by atoms with E-state index in [1.807, 2.05) is 48.5 Å². The number of hydrogen-bond donors (Lipinski definition) is 0. The van der Waals surface area contributed by atoms with Crippen LogP contribution < -0.4 is 19.1 Å². The van der Waals surface area contributed by atoms with Crippen LogP contribution in [-0.4, -0.2) is 71.0 Å². The third kappa shape index (κ3) is 10.7. The molecule has 2 heterocycles. The third-order valence-electron chi connectivity index (χ3n) is 9.32. The van der Waals surface area contributed by atoms with Crippen LogP contribution in [0, 0.1) is 0 Å². The van der Waals surface area contributed by atoms with E-state index in [1.165, 1.54) is 0 Å². The number of halogens is 2. The summed E-state index contributed by atoms with van der Waals surface area (Å²) in [5.74, 6) is 1.72. The number of carbonyl (C=O) groups excluding carboxylic acids is 1. The van der Waals surface area contributed by atoms with Crippen molar-refractivity contribution in [2.45, 2.75) is 57.3 Å². The Hall–Kier alpha value is -3.87. The van der Waals surface area contributed by atoms with Gasteiger partial charge in [0.05, 0.1) is 55.3 Å². The lowest BCUT2D eigenvalue weighted by Gasteiger charge is -2.11. The monoisotopic (exact) mass is 778 g/mol. The fourth-order valence-corrected chi connectivity index (χ4v) is 6.63. The first-order valence-electron chi connectivity index (χ1n) is 18.4. The lowest BCUT2D eigenvalue weighted by Crippen LogP contribution is -2.09. The molecule has 3 atom stereocenters. The molecule has 1 aliphatic carbocycles. The van der Waals surface area contributed by atoms with E-state index in [9.17, 15) is 4.79 Å². The number of hydrogen-bond acceptors (Lipinski definition) is 10. The van der Waals surface area contributed by atoms with Gasteiger partial charge in [-0.05, 0) is 108 Å². The zero-order valence-corrected chi connectivity index (χ0v) is 31.7.